The Hall–Kier alpha value is -3.69. The molecule has 3 aromatic heterocycles. The maximum absolute atomic E-state index is 12.6. The van der Waals surface area contributed by atoms with E-state index < -0.39 is 0 Å². The van der Waals surface area contributed by atoms with Crippen LogP contribution in [0.4, 0.5) is 0 Å². The second kappa shape index (κ2) is 8.10. The van der Waals surface area contributed by atoms with Crippen LogP contribution in [0.5, 0.6) is 0 Å². The Morgan fingerprint density at radius 2 is 1.97 bits per heavy atom. The first-order chi connectivity index (χ1) is 15.6. The van der Waals surface area contributed by atoms with Crippen LogP contribution >= 0.6 is 11.6 Å². The quantitative estimate of drug-likeness (QED) is 0.427. The molecule has 1 aliphatic carbocycles. The van der Waals surface area contributed by atoms with Gasteiger partial charge >= 0.3 is 0 Å². The first kappa shape index (κ1) is 20.2. The Morgan fingerprint density at radius 1 is 1.12 bits per heavy atom. The number of hydrogen-bond acceptors (Lipinski definition) is 4. The Balaban J connectivity index is 1.63. The van der Waals surface area contributed by atoms with Gasteiger partial charge in [-0.25, -0.2) is 4.68 Å². The molecule has 0 unspecified atom stereocenters. The first-order valence-electron chi connectivity index (χ1n) is 10.5. The summed E-state index contributed by atoms with van der Waals surface area (Å²) in [6.45, 7) is 2.50. The summed E-state index contributed by atoms with van der Waals surface area (Å²) in [7, 11) is 0. The van der Waals surface area contributed by atoms with Crippen LogP contribution in [0.25, 0.3) is 27.9 Å². The molecule has 6 nitrogen and oxygen atoms in total. The van der Waals surface area contributed by atoms with Crippen LogP contribution in [0, 0.1) is 11.3 Å². The second-order valence-corrected chi connectivity index (χ2v) is 8.30. The van der Waals surface area contributed by atoms with Gasteiger partial charge in [0.2, 0.25) is 0 Å². The van der Waals surface area contributed by atoms with Gasteiger partial charge in [0.25, 0.3) is 5.56 Å². The van der Waals surface area contributed by atoms with E-state index in [2.05, 4.69) is 22.2 Å². The number of halogens is 1. The summed E-state index contributed by atoms with van der Waals surface area (Å²) in [5.41, 5.74) is 5.41. The summed E-state index contributed by atoms with van der Waals surface area (Å²) in [5, 5.41) is 14.4. The van der Waals surface area contributed by atoms with Gasteiger partial charge in [-0.3, -0.25) is 9.78 Å². The Morgan fingerprint density at radius 3 is 2.66 bits per heavy atom. The van der Waals surface area contributed by atoms with Crippen LogP contribution in [0.2, 0.25) is 5.02 Å². The zero-order chi connectivity index (χ0) is 22.2. The van der Waals surface area contributed by atoms with Gasteiger partial charge in [0.1, 0.15) is 6.07 Å². The highest BCUT2D eigenvalue weighted by molar-refractivity contribution is 6.32. The van der Waals surface area contributed by atoms with Crippen molar-refractivity contribution in [3.05, 3.63) is 87.8 Å². The molecule has 0 bridgehead atoms. The molecule has 7 heteroatoms. The van der Waals surface area contributed by atoms with Crippen molar-refractivity contribution in [2.24, 2.45) is 0 Å². The lowest BCUT2D eigenvalue weighted by molar-refractivity contribution is 0.729. The Kier molecular flexibility index (Phi) is 5.12. The molecule has 158 valence electrons. The molecule has 0 aliphatic heterocycles. The fourth-order valence-electron chi connectivity index (χ4n) is 3.88. The molecule has 1 saturated carbocycles. The van der Waals surface area contributed by atoms with E-state index in [4.69, 9.17) is 11.6 Å². The van der Waals surface area contributed by atoms with Gasteiger partial charge in [-0.05, 0) is 43.5 Å². The monoisotopic (exact) mass is 441 g/mol. The molecule has 0 N–H and O–H groups in total. The Bertz CT molecular complexity index is 1410. The molecule has 32 heavy (non-hydrogen) atoms. The molecule has 1 aromatic carbocycles. The van der Waals surface area contributed by atoms with E-state index in [1.165, 1.54) is 12.8 Å². The summed E-state index contributed by atoms with van der Waals surface area (Å²) in [4.78, 5) is 17.3. The average molecular weight is 442 g/mol. The minimum atomic E-state index is -0.0634. The summed E-state index contributed by atoms with van der Waals surface area (Å²) in [5.74, 6) is 0.571. The van der Waals surface area contributed by atoms with Crippen molar-refractivity contribution >= 4 is 11.6 Å². The van der Waals surface area contributed by atoms with Crippen LogP contribution in [0.1, 0.15) is 36.9 Å². The molecular weight excluding hydrogens is 422 g/mol. The van der Waals surface area contributed by atoms with Crippen LogP contribution < -0.4 is 5.56 Å². The minimum absolute atomic E-state index is 0.0634. The van der Waals surface area contributed by atoms with Gasteiger partial charge in [-0.15, -0.1) is 0 Å². The van der Waals surface area contributed by atoms with E-state index in [0.717, 1.165) is 27.9 Å². The fourth-order valence-corrected chi connectivity index (χ4v) is 4.09. The molecule has 0 radical (unpaired) electrons. The molecule has 0 atom stereocenters. The first-order valence-corrected chi connectivity index (χ1v) is 10.9. The highest BCUT2D eigenvalue weighted by Crippen LogP contribution is 2.39. The SMILES string of the molecule is CCn1cc(-c2cnn(-c3cccc(Cl)c3C#N)c2)c(-c2ccc(C3CC3)nc2)cc1=O. The third kappa shape index (κ3) is 3.61. The minimum Gasteiger partial charge on any atom is -0.315 e. The van der Waals surface area contributed by atoms with Crippen molar-refractivity contribution in [2.75, 3.05) is 0 Å². The summed E-state index contributed by atoms with van der Waals surface area (Å²) in [6.07, 6.45) is 9.67. The van der Waals surface area contributed by atoms with Crippen molar-refractivity contribution < 1.29 is 0 Å². The number of rotatable bonds is 5. The number of hydrogen-bond donors (Lipinski definition) is 0. The average Bonchev–Trinajstić information content (AvgIpc) is 3.55. The summed E-state index contributed by atoms with van der Waals surface area (Å²) < 4.78 is 3.31. The smallest absolute Gasteiger partial charge is 0.251 e. The molecule has 4 aromatic rings. The predicted molar refractivity (Wildman–Crippen MR) is 124 cm³/mol. The molecule has 0 amide bonds. The van der Waals surface area contributed by atoms with E-state index >= 15 is 0 Å². The van der Waals surface area contributed by atoms with Crippen LogP contribution in [0.15, 0.2) is 66.0 Å². The van der Waals surface area contributed by atoms with Crippen LogP contribution in [-0.4, -0.2) is 19.3 Å². The van der Waals surface area contributed by atoms with Crippen molar-refractivity contribution in [3.63, 3.8) is 0 Å². The van der Waals surface area contributed by atoms with E-state index in [1.807, 2.05) is 31.6 Å². The van der Waals surface area contributed by atoms with Gasteiger partial charge in [-0.2, -0.15) is 10.4 Å². The number of pyridine rings is 2. The highest BCUT2D eigenvalue weighted by Gasteiger charge is 2.25. The molecule has 0 spiro atoms. The number of nitriles is 1. The zero-order valence-electron chi connectivity index (χ0n) is 17.5. The van der Waals surface area contributed by atoms with Gasteiger partial charge in [0.15, 0.2) is 0 Å². The van der Waals surface area contributed by atoms with Crippen LogP contribution in [-0.2, 0) is 6.54 Å². The normalized spacial score (nSPS) is 13.2. The predicted octanol–water partition coefficient (Wildman–Crippen LogP) is 5.19. The number of nitrogens with zero attached hydrogens (tertiary/aromatic N) is 5. The van der Waals surface area contributed by atoms with Crippen molar-refractivity contribution in [1.82, 2.24) is 19.3 Å². The standard InChI is InChI=1S/C25H20ClN5O/c1-2-30-15-21(18-13-29-31(14-18)24-5-3-4-22(26)20(24)11-27)19(10-25(30)32)17-8-9-23(28-12-17)16-6-7-16/h3-5,8-10,12-16H,2,6-7H2,1H3. The van der Waals surface area contributed by atoms with Gasteiger partial charge in [0, 0.05) is 59.5 Å². The van der Waals surface area contributed by atoms with Gasteiger partial charge in [-0.1, -0.05) is 23.7 Å². The Labute approximate surface area is 190 Å². The number of benzene rings is 1. The van der Waals surface area contributed by atoms with E-state index in [0.29, 0.717) is 28.7 Å². The molecule has 1 aliphatic rings. The third-order valence-electron chi connectivity index (χ3n) is 5.80. The highest BCUT2D eigenvalue weighted by atomic mass is 35.5. The molecule has 5 rings (SSSR count). The largest absolute Gasteiger partial charge is 0.315 e. The molecule has 1 fully saturated rings. The molecule has 3 heterocycles. The third-order valence-corrected chi connectivity index (χ3v) is 6.12. The summed E-state index contributed by atoms with van der Waals surface area (Å²) >= 11 is 6.20. The van der Waals surface area contributed by atoms with Crippen molar-refractivity contribution in [1.29, 1.82) is 5.26 Å². The second-order valence-electron chi connectivity index (χ2n) is 7.89. The van der Waals surface area contributed by atoms with Crippen molar-refractivity contribution in [2.45, 2.75) is 32.2 Å². The summed E-state index contributed by atoms with van der Waals surface area (Å²) in [6, 6.07) is 13.2. The van der Waals surface area contributed by atoms with Crippen LogP contribution in [0.3, 0.4) is 0 Å². The molecule has 0 saturated heterocycles. The lowest BCUT2D eigenvalue weighted by atomic mass is 9.99. The number of aromatic nitrogens is 4. The molecular formula is C25H20ClN5O. The topological polar surface area (TPSA) is 76.5 Å². The number of aryl methyl sites for hydroxylation is 1. The van der Waals surface area contributed by atoms with Crippen molar-refractivity contribution in [3.8, 4) is 34.0 Å². The van der Waals surface area contributed by atoms with Gasteiger partial charge < -0.3 is 4.57 Å². The zero-order valence-corrected chi connectivity index (χ0v) is 18.3. The van der Waals surface area contributed by atoms with E-state index in [1.54, 1.807) is 39.7 Å². The maximum Gasteiger partial charge on any atom is 0.251 e. The van der Waals surface area contributed by atoms with E-state index in [-0.39, 0.29) is 5.56 Å². The maximum atomic E-state index is 12.6. The lowest BCUT2D eigenvalue weighted by Crippen LogP contribution is -2.18. The lowest BCUT2D eigenvalue weighted by Gasteiger charge is -2.12. The van der Waals surface area contributed by atoms with Gasteiger partial charge in [0.05, 0.1) is 22.5 Å². The fraction of sp³-hybridized carbons (Fsp3) is 0.200. The van der Waals surface area contributed by atoms with E-state index in [9.17, 15) is 10.1 Å².